The monoisotopic (exact) mass is 149 g/mol. The summed E-state index contributed by atoms with van der Waals surface area (Å²) in [6.07, 6.45) is 2.36. The molecule has 0 aliphatic rings. The predicted molar refractivity (Wildman–Crippen MR) is 49.6 cm³/mol. The number of hydrogen-bond donors (Lipinski definition) is 1. The van der Waals surface area contributed by atoms with Gasteiger partial charge in [-0.05, 0) is 36.6 Å². The summed E-state index contributed by atoms with van der Waals surface area (Å²) in [6, 6.07) is 6.12. The first-order valence-electron chi connectivity index (χ1n) is 4.09. The topological polar surface area (TPSA) is 26.0 Å². The van der Waals surface area contributed by atoms with Gasteiger partial charge in [0.2, 0.25) is 0 Å². The zero-order valence-electron chi connectivity index (χ0n) is 7.22. The van der Waals surface area contributed by atoms with E-state index in [1.165, 1.54) is 17.5 Å². The van der Waals surface area contributed by atoms with Gasteiger partial charge in [0, 0.05) is 5.69 Å². The third-order valence-electron chi connectivity index (χ3n) is 1.89. The first-order chi connectivity index (χ1) is 5.24. The molecule has 0 bridgehead atoms. The minimum absolute atomic E-state index is 0.863. The van der Waals surface area contributed by atoms with Gasteiger partial charge >= 0.3 is 0 Å². The molecule has 0 unspecified atom stereocenters. The molecule has 1 nitrogen and oxygen atoms in total. The third-order valence-corrected chi connectivity index (χ3v) is 1.89. The van der Waals surface area contributed by atoms with Crippen LogP contribution in [0.4, 0.5) is 5.69 Å². The lowest BCUT2D eigenvalue weighted by Crippen LogP contribution is -1.91. The smallest absolute Gasteiger partial charge is 0.0316 e. The van der Waals surface area contributed by atoms with Gasteiger partial charge in [-0.3, -0.25) is 0 Å². The number of nitrogens with two attached hydrogens (primary N) is 1. The van der Waals surface area contributed by atoms with Crippen molar-refractivity contribution in [2.75, 3.05) is 5.73 Å². The van der Waals surface area contributed by atoms with E-state index in [-0.39, 0.29) is 0 Å². The average Bonchev–Trinajstić information content (AvgIpc) is 1.95. The summed E-state index contributed by atoms with van der Waals surface area (Å²) in [4.78, 5) is 0. The van der Waals surface area contributed by atoms with Gasteiger partial charge in [0.25, 0.3) is 0 Å². The Morgan fingerprint density at radius 1 is 1.36 bits per heavy atom. The second kappa shape index (κ2) is 3.42. The Morgan fingerprint density at radius 3 is 2.64 bits per heavy atom. The highest BCUT2D eigenvalue weighted by atomic mass is 14.5. The van der Waals surface area contributed by atoms with Gasteiger partial charge in [-0.15, -0.1) is 0 Å². The van der Waals surface area contributed by atoms with Crippen molar-refractivity contribution in [1.82, 2.24) is 0 Å². The molecule has 0 amide bonds. The molecule has 1 heteroatoms. The molecule has 0 saturated heterocycles. The van der Waals surface area contributed by atoms with Crippen LogP contribution >= 0.6 is 0 Å². The maximum absolute atomic E-state index is 5.62. The third kappa shape index (κ3) is 1.97. The van der Waals surface area contributed by atoms with E-state index in [1.807, 2.05) is 12.1 Å². The summed E-state index contributed by atoms with van der Waals surface area (Å²) in [5.41, 5.74) is 9.22. The average molecular weight is 149 g/mol. The Morgan fingerprint density at radius 2 is 2.09 bits per heavy atom. The fourth-order valence-corrected chi connectivity index (χ4v) is 1.27. The molecule has 2 N–H and O–H groups in total. The van der Waals surface area contributed by atoms with E-state index in [0.29, 0.717) is 0 Å². The zero-order chi connectivity index (χ0) is 8.27. The molecule has 0 saturated carbocycles. The molecule has 1 rings (SSSR count). The fraction of sp³-hybridized carbons (Fsp3) is 0.400. The van der Waals surface area contributed by atoms with Crippen molar-refractivity contribution in [2.45, 2.75) is 26.7 Å². The van der Waals surface area contributed by atoms with Gasteiger partial charge in [-0.2, -0.15) is 0 Å². The van der Waals surface area contributed by atoms with Crippen LogP contribution in [0.15, 0.2) is 18.2 Å². The number of benzene rings is 1. The van der Waals surface area contributed by atoms with E-state index in [4.69, 9.17) is 5.73 Å². The van der Waals surface area contributed by atoms with Crippen molar-refractivity contribution in [3.63, 3.8) is 0 Å². The van der Waals surface area contributed by atoms with Crippen LogP contribution in [0, 0.1) is 6.92 Å². The summed E-state index contributed by atoms with van der Waals surface area (Å²) in [5.74, 6) is 0. The lowest BCUT2D eigenvalue weighted by atomic mass is 10.0. The van der Waals surface area contributed by atoms with Gasteiger partial charge in [0.15, 0.2) is 0 Å². The van der Waals surface area contributed by atoms with Gasteiger partial charge in [-0.25, -0.2) is 0 Å². The second-order valence-corrected chi connectivity index (χ2v) is 2.94. The van der Waals surface area contributed by atoms with Crippen LogP contribution in [0.5, 0.6) is 0 Å². The molecule has 11 heavy (non-hydrogen) atoms. The molecule has 0 fully saturated rings. The SMILES string of the molecule is CCCc1ccc(N)cc1C. The summed E-state index contributed by atoms with van der Waals surface area (Å²) >= 11 is 0. The summed E-state index contributed by atoms with van der Waals surface area (Å²) < 4.78 is 0. The Hall–Kier alpha value is -0.980. The summed E-state index contributed by atoms with van der Waals surface area (Å²) in [6.45, 7) is 4.30. The van der Waals surface area contributed by atoms with Crippen molar-refractivity contribution in [3.8, 4) is 0 Å². The van der Waals surface area contributed by atoms with Crippen LogP contribution in [0.1, 0.15) is 24.5 Å². The van der Waals surface area contributed by atoms with Crippen LogP contribution in [-0.4, -0.2) is 0 Å². The van der Waals surface area contributed by atoms with Gasteiger partial charge in [0.05, 0.1) is 0 Å². The predicted octanol–water partition coefficient (Wildman–Crippen LogP) is 2.53. The van der Waals surface area contributed by atoms with E-state index in [9.17, 15) is 0 Å². The number of nitrogen functional groups attached to an aromatic ring is 1. The highest BCUT2D eigenvalue weighted by Crippen LogP contribution is 2.13. The van der Waals surface area contributed by atoms with Crippen LogP contribution in [-0.2, 0) is 6.42 Å². The van der Waals surface area contributed by atoms with Crippen molar-refractivity contribution in [1.29, 1.82) is 0 Å². The molecule has 0 heterocycles. The van der Waals surface area contributed by atoms with Gasteiger partial charge in [0.1, 0.15) is 0 Å². The van der Waals surface area contributed by atoms with Crippen molar-refractivity contribution >= 4 is 5.69 Å². The lowest BCUT2D eigenvalue weighted by Gasteiger charge is -2.03. The van der Waals surface area contributed by atoms with Crippen molar-refractivity contribution in [2.24, 2.45) is 0 Å². The molecule has 0 atom stereocenters. The standard InChI is InChI=1S/C10H15N/c1-3-4-9-5-6-10(11)7-8(9)2/h5-7H,3-4,11H2,1-2H3. The van der Waals surface area contributed by atoms with E-state index >= 15 is 0 Å². The molecule has 0 radical (unpaired) electrons. The number of anilines is 1. The lowest BCUT2D eigenvalue weighted by molar-refractivity contribution is 0.913. The normalized spacial score (nSPS) is 10.0. The molecule has 0 aliphatic heterocycles. The highest BCUT2D eigenvalue weighted by Gasteiger charge is 1.95. The number of hydrogen-bond acceptors (Lipinski definition) is 1. The zero-order valence-corrected chi connectivity index (χ0v) is 7.22. The van der Waals surface area contributed by atoms with Crippen molar-refractivity contribution in [3.05, 3.63) is 29.3 Å². The maximum Gasteiger partial charge on any atom is 0.0316 e. The minimum Gasteiger partial charge on any atom is -0.399 e. The van der Waals surface area contributed by atoms with E-state index in [2.05, 4.69) is 19.9 Å². The Balaban J connectivity index is 2.90. The van der Waals surface area contributed by atoms with E-state index in [1.54, 1.807) is 0 Å². The molecule has 1 aromatic carbocycles. The molecule has 60 valence electrons. The first-order valence-corrected chi connectivity index (χ1v) is 4.09. The number of aryl methyl sites for hydroxylation is 2. The Bertz CT molecular complexity index is 241. The molecular formula is C10H15N. The molecule has 0 aliphatic carbocycles. The van der Waals surface area contributed by atoms with E-state index in [0.717, 1.165) is 12.1 Å². The minimum atomic E-state index is 0.863. The van der Waals surface area contributed by atoms with Crippen LogP contribution < -0.4 is 5.73 Å². The quantitative estimate of drug-likeness (QED) is 0.642. The maximum atomic E-state index is 5.62. The van der Waals surface area contributed by atoms with Gasteiger partial charge in [-0.1, -0.05) is 19.4 Å². The molecule has 1 aromatic rings. The number of rotatable bonds is 2. The fourth-order valence-electron chi connectivity index (χ4n) is 1.27. The Labute approximate surface area is 68.2 Å². The first kappa shape index (κ1) is 8.12. The largest absolute Gasteiger partial charge is 0.399 e. The van der Waals surface area contributed by atoms with E-state index < -0.39 is 0 Å². The summed E-state index contributed by atoms with van der Waals surface area (Å²) in [7, 11) is 0. The highest BCUT2D eigenvalue weighted by molar-refractivity contribution is 5.44. The molecule has 0 spiro atoms. The summed E-state index contributed by atoms with van der Waals surface area (Å²) in [5, 5.41) is 0. The van der Waals surface area contributed by atoms with Crippen molar-refractivity contribution < 1.29 is 0 Å². The molecule has 0 aromatic heterocycles. The van der Waals surface area contributed by atoms with Gasteiger partial charge < -0.3 is 5.73 Å². The van der Waals surface area contributed by atoms with Crippen LogP contribution in [0.3, 0.4) is 0 Å². The molecular weight excluding hydrogens is 134 g/mol. The Kier molecular flexibility index (Phi) is 2.53. The van der Waals surface area contributed by atoms with Crippen LogP contribution in [0.2, 0.25) is 0 Å². The van der Waals surface area contributed by atoms with Crippen LogP contribution in [0.25, 0.3) is 0 Å². The second-order valence-electron chi connectivity index (χ2n) is 2.94.